The molecule has 0 aliphatic carbocycles. The van der Waals surface area contributed by atoms with E-state index in [1.165, 1.54) is 17.2 Å². The first-order chi connectivity index (χ1) is 21.8. The number of nitrogens with one attached hydrogen (secondary N) is 1. The number of rotatable bonds is 7. The van der Waals surface area contributed by atoms with Gasteiger partial charge in [-0.3, -0.25) is 24.6 Å². The number of benzene rings is 4. The summed E-state index contributed by atoms with van der Waals surface area (Å²) >= 11 is 11.4. The highest BCUT2D eigenvalue weighted by Crippen LogP contribution is 2.30. The number of thiocarbonyl (C=S) groups is 1. The lowest BCUT2D eigenvalue weighted by molar-refractivity contribution is -0.122. The predicted octanol–water partition coefficient (Wildman–Crippen LogP) is 6.52. The van der Waals surface area contributed by atoms with Crippen LogP contribution in [0.5, 0.6) is 17.2 Å². The van der Waals surface area contributed by atoms with Crippen LogP contribution < -0.4 is 19.7 Å². The van der Waals surface area contributed by atoms with Crippen molar-refractivity contribution in [1.82, 2.24) is 15.1 Å². The van der Waals surface area contributed by atoms with Crippen LogP contribution in [0.4, 0.5) is 5.69 Å². The fourth-order valence-corrected chi connectivity index (χ4v) is 5.04. The second-order valence-electron chi connectivity index (χ2n) is 9.79. The molecule has 1 fully saturated rings. The number of hydrogen-bond donors (Lipinski definition) is 1. The van der Waals surface area contributed by atoms with Gasteiger partial charge in [0, 0.05) is 27.9 Å². The van der Waals surface area contributed by atoms with Crippen LogP contribution in [0.25, 0.3) is 17.3 Å². The van der Waals surface area contributed by atoms with Crippen LogP contribution >= 0.6 is 23.8 Å². The van der Waals surface area contributed by atoms with E-state index in [1.54, 1.807) is 79.9 Å². The highest BCUT2D eigenvalue weighted by molar-refractivity contribution is 7.80. The average molecular weight is 635 g/mol. The summed E-state index contributed by atoms with van der Waals surface area (Å²) in [5.74, 6) is 0.102. The number of ether oxygens (including phenoxy) is 2. The third-order valence-electron chi connectivity index (χ3n) is 6.88. The summed E-state index contributed by atoms with van der Waals surface area (Å²) in [6.07, 6.45) is 2.87. The largest absolute Gasteiger partial charge is 0.497 e. The predicted molar refractivity (Wildman–Crippen MR) is 175 cm³/mol. The lowest BCUT2D eigenvalue weighted by Crippen LogP contribution is -2.54. The lowest BCUT2D eigenvalue weighted by atomic mass is 10.0. The van der Waals surface area contributed by atoms with E-state index < -0.39 is 17.7 Å². The van der Waals surface area contributed by atoms with Crippen molar-refractivity contribution in [2.75, 3.05) is 12.0 Å². The van der Waals surface area contributed by atoms with Crippen molar-refractivity contribution in [3.05, 3.63) is 131 Å². The van der Waals surface area contributed by atoms with Crippen LogP contribution in [0.15, 0.2) is 115 Å². The van der Waals surface area contributed by atoms with E-state index in [9.17, 15) is 14.4 Å². The molecule has 9 nitrogen and oxygen atoms in total. The number of hydrogen-bond acceptors (Lipinski definition) is 7. The van der Waals surface area contributed by atoms with Crippen molar-refractivity contribution in [1.29, 1.82) is 0 Å². The topological polar surface area (TPSA) is 103 Å². The van der Waals surface area contributed by atoms with E-state index in [1.807, 2.05) is 30.3 Å². The van der Waals surface area contributed by atoms with E-state index >= 15 is 0 Å². The molecule has 0 bridgehead atoms. The molecule has 11 heteroatoms. The lowest BCUT2D eigenvalue weighted by Gasteiger charge is -2.29. The van der Waals surface area contributed by atoms with Gasteiger partial charge in [-0.15, -0.1) is 0 Å². The molecule has 45 heavy (non-hydrogen) atoms. The second kappa shape index (κ2) is 12.6. The second-order valence-corrected chi connectivity index (χ2v) is 10.6. The van der Waals surface area contributed by atoms with Crippen LogP contribution in [-0.2, 0) is 9.59 Å². The maximum atomic E-state index is 13.8. The average Bonchev–Trinajstić information content (AvgIpc) is 3.48. The molecular weight excluding hydrogens is 612 g/mol. The Hall–Kier alpha value is -5.58. The van der Waals surface area contributed by atoms with Gasteiger partial charge in [-0.05, 0) is 103 Å². The SMILES string of the molecule is COc1ccc(-c2nn(C(=O)c3ccc(Cl)cc3)cc2/C=C2\C(=O)NC(=S)N(c3ccc(Oc4ccccc4)cc3)C2=O)cc1. The number of aromatic nitrogens is 2. The molecule has 1 aromatic heterocycles. The summed E-state index contributed by atoms with van der Waals surface area (Å²) in [4.78, 5) is 41.5. The minimum absolute atomic E-state index is 0.0668. The Morgan fingerprint density at radius 2 is 1.51 bits per heavy atom. The molecule has 0 unspecified atom stereocenters. The van der Waals surface area contributed by atoms with E-state index in [4.69, 9.17) is 33.3 Å². The zero-order chi connectivity index (χ0) is 31.5. The molecule has 0 radical (unpaired) electrons. The van der Waals surface area contributed by atoms with Gasteiger partial charge < -0.3 is 9.47 Å². The molecule has 1 saturated heterocycles. The fourth-order valence-electron chi connectivity index (χ4n) is 4.63. The summed E-state index contributed by atoms with van der Waals surface area (Å²) in [5, 5.41) is 7.55. The summed E-state index contributed by atoms with van der Waals surface area (Å²) in [6.45, 7) is 0. The molecule has 4 aromatic carbocycles. The monoisotopic (exact) mass is 634 g/mol. The molecule has 1 aliphatic heterocycles. The Morgan fingerprint density at radius 3 is 2.18 bits per heavy atom. The molecule has 0 spiro atoms. The van der Waals surface area contributed by atoms with Crippen molar-refractivity contribution in [3.63, 3.8) is 0 Å². The van der Waals surface area contributed by atoms with E-state index in [2.05, 4.69) is 10.4 Å². The number of anilines is 1. The minimum atomic E-state index is -0.678. The number of carbonyl (C=O) groups excluding carboxylic acids is 3. The molecule has 1 N–H and O–H groups in total. The van der Waals surface area contributed by atoms with Gasteiger partial charge in [-0.25, -0.2) is 4.68 Å². The Kier molecular flexibility index (Phi) is 8.24. The molecule has 222 valence electrons. The normalized spacial score (nSPS) is 14.0. The van der Waals surface area contributed by atoms with Crippen molar-refractivity contribution < 1.29 is 23.9 Å². The maximum Gasteiger partial charge on any atom is 0.278 e. The minimum Gasteiger partial charge on any atom is -0.497 e. The number of methoxy groups -OCH3 is 1. The molecule has 5 aromatic rings. The molecular formula is C34H23ClN4O5S. The Morgan fingerprint density at radius 1 is 0.867 bits per heavy atom. The first-order valence-corrected chi connectivity index (χ1v) is 14.4. The number of nitrogens with zero attached hydrogens (tertiary/aromatic N) is 3. The highest BCUT2D eigenvalue weighted by atomic mass is 35.5. The number of carbonyl (C=O) groups is 3. The Labute approximate surface area is 268 Å². The van der Waals surface area contributed by atoms with Gasteiger partial charge in [0.15, 0.2) is 5.11 Å². The molecule has 2 amide bonds. The maximum absolute atomic E-state index is 13.8. The van der Waals surface area contributed by atoms with Crippen molar-refractivity contribution in [2.45, 2.75) is 0 Å². The van der Waals surface area contributed by atoms with Crippen LogP contribution in [0, 0.1) is 0 Å². The van der Waals surface area contributed by atoms with Crippen LogP contribution in [0.3, 0.4) is 0 Å². The van der Waals surface area contributed by atoms with Gasteiger partial charge in [0.1, 0.15) is 28.5 Å². The summed E-state index contributed by atoms with van der Waals surface area (Å²) < 4.78 is 12.3. The molecule has 0 atom stereocenters. The third kappa shape index (κ3) is 6.23. The van der Waals surface area contributed by atoms with Crippen molar-refractivity contribution in [2.24, 2.45) is 0 Å². The smallest absolute Gasteiger partial charge is 0.278 e. The van der Waals surface area contributed by atoms with Gasteiger partial charge in [-0.2, -0.15) is 5.10 Å². The molecule has 2 heterocycles. The standard InChI is InChI=1S/C34H23ClN4O5S/c1-43-26-15-9-21(10-16-26)30-23(20-38(37-30)32(41)22-7-11-24(35)12-8-22)19-29-31(40)36-34(45)39(33(29)42)25-13-17-28(18-14-25)44-27-5-3-2-4-6-27/h2-20H,1H3,(H,36,40,45)/b29-19+. The summed E-state index contributed by atoms with van der Waals surface area (Å²) in [5.41, 5.74) is 1.96. The number of amides is 2. The number of para-hydroxylation sites is 1. The van der Waals surface area contributed by atoms with Gasteiger partial charge in [0.25, 0.3) is 17.7 Å². The fraction of sp³-hybridized carbons (Fsp3) is 0.0294. The highest BCUT2D eigenvalue weighted by Gasteiger charge is 2.35. The van der Waals surface area contributed by atoms with E-state index in [0.29, 0.717) is 50.3 Å². The van der Waals surface area contributed by atoms with Crippen LogP contribution in [-0.4, -0.2) is 39.7 Å². The zero-order valence-corrected chi connectivity index (χ0v) is 25.2. The zero-order valence-electron chi connectivity index (χ0n) is 23.6. The van der Waals surface area contributed by atoms with Gasteiger partial charge in [0.05, 0.1) is 12.8 Å². The van der Waals surface area contributed by atoms with E-state index in [0.717, 1.165) is 4.68 Å². The van der Waals surface area contributed by atoms with Crippen molar-refractivity contribution in [3.8, 4) is 28.5 Å². The van der Waals surface area contributed by atoms with Gasteiger partial charge in [0.2, 0.25) is 0 Å². The first kappa shape index (κ1) is 29.5. The number of halogens is 1. The Balaban J connectivity index is 1.36. The summed E-state index contributed by atoms with van der Waals surface area (Å²) in [6, 6.07) is 29.4. The first-order valence-electron chi connectivity index (χ1n) is 13.6. The molecule has 0 saturated carbocycles. The van der Waals surface area contributed by atoms with Crippen molar-refractivity contribution >= 4 is 58.4 Å². The summed E-state index contributed by atoms with van der Waals surface area (Å²) in [7, 11) is 1.55. The molecule has 6 rings (SSSR count). The van der Waals surface area contributed by atoms with E-state index in [-0.39, 0.29) is 10.7 Å². The van der Waals surface area contributed by atoms with Gasteiger partial charge >= 0.3 is 0 Å². The van der Waals surface area contributed by atoms with Crippen LogP contribution in [0.2, 0.25) is 5.02 Å². The third-order valence-corrected chi connectivity index (χ3v) is 7.42. The quantitative estimate of drug-likeness (QED) is 0.123. The van der Waals surface area contributed by atoms with Gasteiger partial charge in [-0.1, -0.05) is 29.8 Å². The Bertz CT molecular complexity index is 1960. The van der Waals surface area contributed by atoms with Crippen LogP contribution in [0.1, 0.15) is 15.9 Å². The molecule has 1 aliphatic rings.